The Morgan fingerprint density at radius 1 is 0.964 bits per heavy atom. The number of sulfone groups is 1. The lowest BCUT2D eigenvalue weighted by Gasteiger charge is -2.18. The number of sulfonamides is 1. The summed E-state index contributed by atoms with van der Waals surface area (Å²) in [6, 6.07) is 14.3. The van der Waals surface area contributed by atoms with Crippen LogP contribution in [0.5, 0.6) is 0 Å². The van der Waals surface area contributed by atoms with Gasteiger partial charge in [-0.1, -0.05) is 35.9 Å². The molecular weight excluding hydrogens is 421 g/mol. The molecule has 1 N–H and O–H groups in total. The molecule has 0 bridgehead atoms. The van der Waals surface area contributed by atoms with Gasteiger partial charge in [-0.2, -0.15) is 0 Å². The molecule has 0 radical (unpaired) electrons. The lowest BCUT2D eigenvalue weighted by molar-refractivity contribution is 0.569. The highest BCUT2D eigenvalue weighted by molar-refractivity contribution is 7.93. The third-order valence-electron chi connectivity index (χ3n) is 4.18. The van der Waals surface area contributed by atoms with Gasteiger partial charge < -0.3 is 0 Å². The molecule has 0 saturated carbocycles. The van der Waals surface area contributed by atoms with Crippen molar-refractivity contribution in [3.63, 3.8) is 0 Å². The molecule has 3 rings (SSSR count). The van der Waals surface area contributed by atoms with Crippen LogP contribution in [0.4, 0.5) is 4.39 Å². The number of hydrogen-bond donors (Lipinski definition) is 1. The lowest BCUT2D eigenvalue weighted by Crippen LogP contribution is -2.31. The third-order valence-corrected chi connectivity index (χ3v) is 9.15. The van der Waals surface area contributed by atoms with Gasteiger partial charge in [0.2, 0.25) is 10.0 Å². The van der Waals surface area contributed by atoms with Crippen LogP contribution in [0, 0.1) is 12.7 Å². The number of benzene rings is 2. The number of rotatable bonds is 7. The molecular formula is C19H18FNO4S3. The van der Waals surface area contributed by atoms with Crippen LogP contribution in [-0.2, 0) is 19.9 Å². The molecule has 9 heteroatoms. The monoisotopic (exact) mass is 439 g/mol. The van der Waals surface area contributed by atoms with Gasteiger partial charge in [-0.15, -0.1) is 11.3 Å². The highest BCUT2D eigenvalue weighted by Gasteiger charge is 2.31. The molecule has 148 valence electrons. The molecule has 0 fully saturated rings. The average Bonchev–Trinajstić information content (AvgIpc) is 3.19. The van der Waals surface area contributed by atoms with Crippen LogP contribution >= 0.6 is 11.3 Å². The summed E-state index contributed by atoms with van der Waals surface area (Å²) in [4.78, 5) is 0.0458. The maximum Gasteiger partial charge on any atom is 0.240 e. The lowest BCUT2D eigenvalue weighted by atomic mass is 10.1. The van der Waals surface area contributed by atoms with Crippen molar-refractivity contribution >= 4 is 31.2 Å². The molecule has 0 aliphatic heterocycles. The van der Waals surface area contributed by atoms with E-state index < -0.39 is 30.9 Å². The molecule has 5 nitrogen and oxygen atoms in total. The van der Waals surface area contributed by atoms with Gasteiger partial charge in [-0.25, -0.2) is 25.9 Å². The van der Waals surface area contributed by atoms with Crippen molar-refractivity contribution in [2.24, 2.45) is 0 Å². The van der Waals surface area contributed by atoms with E-state index in [9.17, 15) is 21.2 Å². The number of thiophene rings is 1. The predicted octanol–water partition coefficient (Wildman–Crippen LogP) is 3.69. The Hall–Kier alpha value is -2.07. The molecule has 0 aliphatic carbocycles. The van der Waals surface area contributed by atoms with Crippen molar-refractivity contribution in [1.82, 2.24) is 4.72 Å². The van der Waals surface area contributed by atoms with E-state index in [2.05, 4.69) is 4.72 Å². The van der Waals surface area contributed by atoms with Crippen molar-refractivity contribution in [2.75, 3.05) is 6.54 Å². The molecule has 1 unspecified atom stereocenters. The van der Waals surface area contributed by atoms with Crippen molar-refractivity contribution in [2.45, 2.75) is 21.3 Å². The highest BCUT2D eigenvalue weighted by Crippen LogP contribution is 2.31. The Balaban J connectivity index is 1.94. The topological polar surface area (TPSA) is 80.3 Å². The van der Waals surface area contributed by atoms with Gasteiger partial charge >= 0.3 is 0 Å². The van der Waals surface area contributed by atoms with Gasteiger partial charge in [0.05, 0.1) is 4.90 Å². The second-order valence-electron chi connectivity index (χ2n) is 6.18. The maximum absolute atomic E-state index is 13.3. The summed E-state index contributed by atoms with van der Waals surface area (Å²) in [5, 5.41) is 0.442. The number of hydrogen-bond acceptors (Lipinski definition) is 5. The fourth-order valence-electron chi connectivity index (χ4n) is 2.64. The summed E-state index contributed by atoms with van der Waals surface area (Å²) < 4.78 is 67.1. The maximum atomic E-state index is 13.3. The van der Waals surface area contributed by atoms with Crippen molar-refractivity contribution < 1.29 is 21.2 Å². The first-order valence-corrected chi connectivity index (χ1v) is 12.2. The molecule has 0 saturated heterocycles. The standard InChI is InChI=1S/C19H18FNO4S3/c1-14-4-10-17(11-5-14)28(24,25)21-13-18(15-6-8-16(20)9-7-15)27(22,23)19-3-2-12-26-19/h2-12,18,21H,13H2,1H3. The summed E-state index contributed by atoms with van der Waals surface area (Å²) in [5.41, 5.74) is 1.21. The Labute approximate surface area is 167 Å². The van der Waals surface area contributed by atoms with Gasteiger partial charge in [0.1, 0.15) is 15.3 Å². The van der Waals surface area contributed by atoms with Gasteiger partial charge in [0.15, 0.2) is 9.84 Å². The van der Waals surface area contributed by atoms with Crippen LogP contribution in [0.1, 0.15) is 16.4 Å². The molecule has 28 heavy (non-hydrogen) atoms. The van der Waals surface area contributed by atoms with Crippen molar-refractivity contribution in [3.8, 4) is 0 Å². The van der Waals surface area contributed by atoms with Crippen LogP contribution in [0.25, 0.3) is 0 Å². The number of nitrogens with one attached hydrogen (secondary N) is 1. The Morgan fingerprint density at radius 2 is 1.61 bits per heavy atom. The second-order valence-corrected chi connectivity index (χ2v) is 11.3. The van der Waals surface area contributed by atoms with Gasteiger partial charge in [-0.3, -0.25) is 0 Å². The Bertz CT molecular complexity index is 1140. The Kier molecular flexibility index (Phi) is 5.99. The highest BCUT2D eigenvalue weighted by atomic mass is 32.2. The smallest absolute Gasteiger partial charge is 0.222 e. The van der Waals surface area contributed by atoms with E-state index in [0.717, 1.165) is 29.0 Å². The van der Waals surface area contributed by atoms with Crippen molar-refractivity contribution in [1.29, 1.82) is 0 Å². The summed E-state index contributed by atoms with van der Waals surface area (Å²) in [5.74, 6) is -0.503. The average molecular weight is 440 g/mol. The van der Waals surface area contributed by atoms with E-state index in [1.54, 1.807) is 23.6 Å². The van der Waals surface area contributed by atoms with Crippen LogP contribution in [-0.4, -0.2) is 23.4 Å². The minimum atomic E-state index is -3.90. The molecule has 1 aromatic heterocycles. The summed E-state index contributed by atoms with van der Waals surface area (Å²) in [6.45, 7) is 1.46. The molecule has 0 spiro atoms. The van der Waals surface area contributed by atoms with Crippen LogP contribution in [0.3, 0.4) is 0 Å². The van der Waals surface area contributed by atoms with E-state index in [0.29, 0.717) is 5.56 Å². The molecule has 3 aromatic rings. The van der Waals surface area contributed by atoms with E-state index in [-0.39, 0.29) is 15.6 Å². The van der Waals surface area contributed by atoms with Gasteiger partial charge in [0.25, 0.3) is 0 Å². The SMILES string of the molecule is Cc1ccc(S(=O)(=O)NCC(c2ccc(F)cc2)S(=O)(=O)c2cccs2)cc1. The van der Waals surface area contributed by atoms with Crippen LogP contribution in [0.15, 0.2) is 75.1 Å². The van der Waals surface area contributed by atoms with Crippen molar-refractivity contribution in [3.05, 3.63) is 83.0 Å². The largest absolute Gasteiger partial charge is 0.240 e. The molecule has 0 amide bonds. The molecule has 1 atom stereocenters. The molecule has 0 aliphatic rings. The summed E-state index contributed by atoms with van der Waals surface area (Å²) in [6.07, 6.45) is 0. The Morgan fingerprint density at radius 3 is 2.18 bits per heavy atom. The van der Waals surface area contributed by atoms with Gasteiger partial charge in [0, 0.05) is 6.54 Å². The first-order valence-electron chi connectivity index (χ1n) is 8.29. The zero-order chi connectivity index (χ0) is 20.4. The first-order chi connectivity index (χ1) is 13.2. The minimum Gasteiger partial charge on any atom is -0.222 e. The second kappa shape index (κ2) is 8.12. The molecule has 1 heterocycles. The van der Waals surface area contributed by atoms with E-state index in [1.807, 2.05) is 6.92 Å². The minimum absolute atomic E-state index is 0.0458. The van der Waals surface area contributed by atoms with E-state index >= 15 is 0 Å². The number of halogens is 1. The third kappa shape index (κ3) is 4.49. The number of aryl methyl sites for hydroxylation is 1. The van der Waals surface area contributed by atoms with Crippen LogP contribution < -0.4 is 4.72 Å². The summed E-state index contributed by atoms with van der Waals surface area (Å²) in [7, 11) is -7.77. The zero-order valence-electron chi connectivity index (χ0n) is 14.9. The van der Waals surface area contributed by atoms with E-state index in [4.69, 9.17) is 0 Å². The van der Waals surface area contributed by atoms with Gasteiger partial charge in [-0.05, 0) is 48.2 Å². The quantitative estimate of drug-likeness (QED) is 0.609. The normalized spacial score (nSPS) is 13.4. The fraction of sp³-hybridized carbons (Fsp3) is 0.158. The zero-order valence-corrected chi connectivity index (χ0v) is 17.3. The molecule has 2 aromatic carbocycles. The first kappa shape index (κ1) is 20.7. The fourth-order valence-corrected chi connectivity index (χ4v) is 6.66. The predicted molar refractivity (Wildman–Crippen MR) is 107 cm³/mol. The van der Waals surface area contributed by atoms with E-state index in [1.165, 1.54) is 30.3 Å². The summed E-state index contributed by atoms with van der Waals surface area (Å²) >= 11 is 1.05. The van der Waals surface area contributed by atoms with Crippen LogP contribution in [0.2, 0.25) is 0 Å².